The lowest BCUT2D eigenvalue weighted by Gasteiger charge is -2.58. The number of hydrogen-bond acceptors (Lipinski definition) is 2. The Kier molecular flexibility index (Phi) is 8.71. The van der Waals surface area contributed by atoms with Gasteiger partial charge < -0.3 is 4.74 Å². The summed E-state index contributed by atoms with van der Waals surface area (Å²) in [4.78, 5) is 12.7. The van der Waals surface area contributed by atoms with Gasteiger partial charge in [0.05, 0.1) is 6.42 Å². The van der Waals surface area contributed by atoms with E-state index < -0.39 is 0 Å². The maximum atomic E-state index is 12.7. The predicted octanol–water partition coefficient (Wildman–Crippen LogP) is 9.82. The fourth-order valence-electron chi connectivity index (χ4n) is 10.4. The minimum Gasteiger partial charge on any atom is -0.462 e. The molecule has 3 fully saturated rings. The summed E-state index contributed by atoms with van der Waals surface area (Å²) in [6.45, 7) is 15.1. The number of hydrogen-bond donors (Lipinski definition) is 0. The van der Waals surface area contributed by atoms with Gasteiger partial charge in [-0.1, -0.05) is 96.4 Å². The lowest BCUT2D eigenvalue weighted by Crippen LogP contribution is -2.51. The Morgan fingerprint density at radius 3 is 2.46 bits per heavy atom. The van der Waals surface area contributed by atoms with Gasteiger partial charge >= 0.3 is 5.97 Å². The number of benzene rings is 1. The maximum Gasteiger partial charge on any atom is 0.310 e. The SMILES string of the molecule is CC[C@H](CC[C@@H](C)C1CCC2C3CC=C4C[C@@H](OC(=O)Cc5ccccc5)CC[C@]4(C)C3CC[C@@]21C)C(C)C. The van der Waals surface area contributed by atoms with E-state index >= 15 is 0 Å². The molecule has 39 heavy (non-hydrogen) atoms. The summed E-state index contributed by atoms with van der Waals surface area (Å²) in [5.74, 6) is 5.97. The quantitative estimate of drug-likeness (QED) is 0.234. The van der Waals surface area contributed by atoms with E-state index in [4.69, 9.17) is 4.74 Å². The highest BCUT2D eigenvalue weighted by Crippen LogP contribution is 2.67. The third-order valence-electron chi connectivity index (χ3n) is 12.8. The molecule has 9 atom stereocenters. The van der Waals surface area contributed by atoms with E-state index in [0.29, 0.717) is 17.3 Å². The number of carbonyl (C=O) groups is 1. The highest BCUT2D eigenvalue weighted by Gasteiger charge is 2.59. The van der Waals surface area contributed by atoms with Gasteiger partial charge in [0.1, 0.15) is 6.10 Å². The van der Waals surface area contributed by atoms with Crippen LogP contribution in [0.5, 0.6) is 0 Å². The Balaban J connectivity index is 1.22. The zero-order valence-corrected chi connectivity index (χ0v) is 25.9. The van der Waals surface area contributed by atoms with Gasteiger partial charge in [0.15, 0.2) is 0 Å². The van der Waals surface area contributed by atoms with Gasteiger partial charge in [-0.25, -0.2) is 0 Å². The van der Waals surface area contributed by atoms with E-state index in [-0.39, 0.29) is 12.1 Å². The number of rotatable bonds is 9. The molecule has 0 bridgehead atoms. The Labute approximate surface area is 239 Å². The van der Waals surface area contributed by atoms with Crippen LogP contribution in [0.4, 0.5) is 0 Å². The van der Waals surface area contributed by atoms with Gasteiger partial charge in [-0.05, 0) is 109 Å². The molecule has 0 aromatic heterocycles. The smallest absolute Gasteiger partial charge is 0.310 e. The van der Waals surface area contributed by atoms with Crippen molar-refractivity contribution in [2.24, 2.45) is 52.3 Å². The third kappa shape index (κ3) is 5.65. The highest BCUT2D eigenvalue weighted by molar-refractivity contribution is 5.72. The van der Waals surface area contributed by atoms with Gasteiger partial charge in [0, 0.05) is 6.42 Å². The van der Waals surface area contributed by atoms with Crippen LogP contribution in [0.25, 0.3) is 0 Å². The van der Waals surface area contributed by atoms with Crippen LogP contribution in [0.15, 0.2) is 42.0 Å². The molecule has 2 heteroatoms. The molecule has 5 rings (SSSR count). The molecule has 216 valence electrons. The zero-order valence-electron chi connectivity index (χ0n) is 25.9. The van der Waals surface area contributed by atoms with Crippen LogP contribution in [0.2, 0.25) is 0 Å². The summed E-state index contributed by atoms with van der Waals surface area (Å²) >= 11 is 0. The van der Waals surface area contributed by atoms with Crippen molar-refractivity contribution in [3.63, 3.8) is 0 Å². The van der Waals surface area contributed by atoms with Crippen LogP contribution < -0.4 is 0 Å². The van der Waals surface area contributed by atoms with Crippen molar-refractivity contribution >= 4 is 5.97 Å². The van der Waals surface area contributed by atoms with Gasteiger partial charge in [-0.15, -0.1) is 0 Å². The molecule has 4 aliphatic rings. The van der Waals surface area contributed by atoms with E-state index in [2.05, 4.69) is 47.6 Å². The largest absolute Gasteiger partial charge is 0.462 e. The molecule has 1 aromatic carbocycles. The van der Waals surface area contributed by atoms with Crippen molar-refractivity contribution in [1.82, 2.24) is 0 Å². The minimum atomic E-state index is -0.0673. The predicted molar refractivity (Wildman–Crippen MR) is 162 cm³/mol. The van der Waals surface area contributed by atoms with Crippen LogP contribution in [-0.4, -0.2) is 12.1 Å². The van der Waals surface area contributed by atoms with Crippen molar-refractivity contribution in [3.05, 3.63) is 47.5 Å². The fraction of sp³-hybridized carbons (Fsp3) is 0.757. The number of esters is 1. The average molecular weight is 533 g/mol. The average Bonchev–Trinajstić information content (AvgIpc) is 3.27. The van der Waals surface area contributed by atoms with Gasteiger partial charge in [-0.2, -0.15) is 0 Å². The van der Waals surface area contributed by atoms with Crippen molar-refractivity contribution in [3.8, 4) is 0 Å². The molecule has 0 amide bonds. The molecular formula is C37H56O2. The Bertz CT molecular complexity index is 1010. The molecule has 3 saturated carbocycles. The third-order valence-corrected chi connectivity index (χ3v) is 12.8. The Morgan fingerprint density at radius 2 is 1.74 bits per heavy atom. The van der Waals surface area contributed by atoms with Crippen LogP contribution in [0, 0.1) is 52.3 Å². The van der Waals surface area contributed by atoms with Crippen LogP contribution >= 0.6 is 0 Å². The van der Waals surface area contributed by atoms with Gasteiger partial charge in [-0.3, -0.25) is 4.79 Å². The summed E-state index contributed by atoms with van der Waals surface area (Å²) < 4.78 is 6.03. The zero-order chi connectivity index (χ0) is 27.8. The normalized spacial score (nSPS) is 37.3. The first-order chi connectivity index (χ1) is 18.7. The van der Waals surface area contributed by atoms with Crippen molar-refractivity contribution in [1.29, 1.82) is 0 Å². The monoisotopic (exact) mass is 532 g/mol. The fourth-order valence-corrected chi connectivity index (χ4v) is 10.4. The molecule has 0 N–H and O–H groups in total. The summed E-state index contributed by atoms with van der Waals surface area (Å²) in [6.07, 6.45) is 17.4. The second kappa shape index (κ2) is 11.7. The molecule has 1 aromatic rings. The molecule has 2 nitrogen and oxygen atoms in total. The molecule has 4 unspecified atom stereocenters. The van der Waals surface area contributed by atoms with E-state index in [1.807, 2.05) is 30.3 Å². The molecule has 0 radical (unpaired) electrons. The minimum absolute atomic E-state index is 0.0560. The van der Waals surface area contributed by atoms with Gasteiger partial charge in [0.25, 0.3) is 0 Å². The first-order valence-electron chi connectivity index (χ1n) is 16.6. The Hall–Kier alpha value is -1.57. The highest BCUT2D eigenvalue weighted by atomic mass is 16.5. The number of carbonyl (C=O) groups excluding carboxylic acids is 1. The summed E-state index contributed by atoms with van der Waals surface area (Å²) in [7, 11) is 0. The van der Waals surface area contributed by atoms with E-state index in [9.17, 15) is 4.79 Å². The summed E-state index contributed by atoms with van der Waals surface area (Å²) in [5.41, 5.74) is 3.49. The Morgan fingerprint density at radius 1 is 0.974 bits per heavy atom. The second-order valence-corrected chi connectivity index (χ2v) is 15.0. The molecular weight excluding hydrogens is 476 g/mol. The summed E-state index contributed by atoms with van der Waals surface area (Å²) in [6, 6.07) is 10.0. The lowest BCUT2D eigenvalue weighted by molar-refractivity contribution is -0.150. The lowest BCUT2D eigenvalue weighted by atomic mass is 9.47. The van der Waals surface area contributed by atoms with Crippen molar-refractivity contribution in [2.45, 2.75) is 125 Å². The van der Waals surface area contributed by atoms with Crippen LogP contribution in [0.1, 0.15) is 118 Å². The molecule has 4 aliphatic carbocycles. The first kappa shape index (κ1) is 28.9. The van der Waals surface area contributed by atoms with E-state index in [1.165, 1.54) is 57.8 Å². The van der Waals surface area contributed by atoms with Crippen LogP contribution in [-0.2, 0) is 16.0 Å². The topological polar surface area (TPSA) is 26.3 Å². The molecule has 0 heterocycles. The molecule has 0 saturated heterocycles. The van der Waals surface area contributed by atoms with E-state index in [1.54, 1.807) is 5.57 Å². The number of fused-ring (bicyclic) bond motifs is 5. The molecule has 0 aliphatic heterocycles. The summed E-state index contributed by atoms with van der Waals surface area (Å²) in [5, 5.41) is 0. The van der Waals surface area contributed by atoms with Crippen LogP contribution in [0.3, 0.4) is 0 Å². The van der Waals surface area contributed by atoms with E-state index in [0.717, 1.165) is 59.8 Å². The number of ether oxygens (including phenoxy) is 1. The molecule has 0 spiro atoms. The standard InChI is InChI=1S/C37H56O2/c1-7-28(25(2)3)14-13-26(4)32-17-18-33-31-16-15-29-24-30(39-35(38)23-27-11-9-8-10-12-27)19-21-36(29,5)34(31)20-22-37(32,33)6/h8-12,15,25-26,28,30-34H,7,13-14,16-24H2,1-6H3/t26-,28-,30+,31?,32?,33?,34?,36+,37-/m1/s1. The second-order valence-electron chi connectivity index (χ2n) is 15.0. The van der Waals surface area contributed by atoms with Gasteiger partial charge in [0.2, 0.25) is 0 Å². The van der Waals surface area contributed by atoms with Crippen molar-refractivity contribution in [2.75, 3.05) is 0 Å². The van der Waals surface area contributed by atoms with Crippen molar-refractivity contribution < 1.29 is 9.53 Å². The maximum absolute atomic E-state index is 12.7. The first-order valence-corrected chi connectivity index (χ1v) is 16.6. The number of allylic oxidation sites excluding steroid dienone is 1.